The fraction of sp³-hybridized carbons (Fsp3) is 0.118. The van der Waals surface area contributed by atoms with Crippen LogP contribution in [0.5, 0.6) is 0 Å². The van der Waals surface area contributed by atoms with E-state index in [1.165, 1.54) is 41.1 Å². The molecule has 3 rings (SSSR count). The molecule has 0 aliphatic heterocycles. The molecule has 0 bridgehead atoms. The fourth-order valence-corrected chi connectivity index (χ4v) is 3.17. The Bertz CT molecular complexity index is 1150. The Balaban J connectivity index is 1.70. The molecule has 10 nitrogen and oxygen atoms in total. The van der Waals surface area contributed by atoms with Crippen LogP contribution in [0.15, 0.2) is 53.7 Å². The van der Waals surface area contributed by atoms with Crippen LogP contribution in [-0.4, -0.2) is 41.1 Å². The lowest BCUT2D eigenvalue weighted by Gasteiger charge is -2.06. The fourth-order valence-electron chi connectivity index (χ4n) is 2.27. The van der Waals surface area contributed by atoms with Gasteiger partial charge in [-0.05, 0) is 24.3 Å². The molecule has 0 spiro atoms. The standard InChI is InChI=1S/C17H13FN6O4S/c18-13-3-4-14(20-9-13)10-24-11-16(21-23-24)12-1-5-15(6-2-12)29(26,27)22-17(25)28-8-7-19/h1-6,9,11H,8,10H2,(H,22,25). The first kappa shape index (κ1) is 19.9. The van der Waals surface area contributed by atoms with Gasteiger partial charge in [-0.25, -0.2) is 27.0 Å². The normalized spacial score (nSPS) is 10.9. The van der Waals surface area contributed by atoms with Gasteiger partial charge in [0.2, 0.25) is 0 Å². The van der Waals surface area contributed by atoms with Crippen molar-refractivity contribution < 1.29 is 22.3 Å². The van der Waals surface area contributed by atoms with E-state index >= 15 is 0 Å². The van der Waals surface area contributed by atoms with Crippen LogP contribution < -0.4 is 4.72 Å². The summed E-state index contributed by atoms with van der Waals surface area (Å²) in [5.74, 6) is -0.434. The molecule has 2 aromatic heterocycles. The number of nitrogens with one attached hydrogen (secondary N) is 1. The molecule has 0 saturated carbocycles. The molecule has 0 fully saturated rings. The molecule has 1 amide bonds. The lowest BCUT2D eigenvalue weighted by Crippen LogP contribution is -2.31. The monoisotopic (exact) mass is 416 g/mol. The average Bonchev–Trinajstić information content (AvgIpc) is 3.16. The highest BCUT2D eigenvalue weighted by atomic mass is 32.2. The van der Waals surface area contributed by atoms with Gasteiger partial charge in [-0.1, -0.05) is 17.3 Å². The number of halogens is 1. The topological polar surface area (TPSA) is 140 Å². The molecule has 0 aliphatic rings. The van der Waals surface area contributed by atoms with E-state index in [-0.39, 0.29) is 11.4 Å². The van der Waals surface area contributed by atoms with Crippen LogP contribution in [0.2, 0.25) is 0 Å². The van der Waals surface area contributed by atoms with Crippen molar-refractivity contribution in [3.63, 3.8) is 0 Å². The maximum atomic E-state index is 12.9. The number of rotatable bonds is 6. The van der Waals surface area contributed by atoms with Gasteiger partial charge in [0.05, 0.1) is 29.5 Å². The number of amides is 1. The van der Waals surface area contributed by atoms with Crippen molar-refractivity contribution >= 4 is 16.1 Å². The number of hydrogen-bond acceptors (Lipinski definition) is 8. The summed E-state index contributed by atoms with van der Waals surface area (Å²) in [6.45, 7) is -0.280. The van der Waals surface area contributed by atoms with Gasteiger partial charge in [-0.2, -0.15) is 5.26 Å². The van der Waals surface area contributed by atoms with E-state index in [1.807, 2.05) is 0 Å². The Hall–Kier alpha value is -3.85. The van der Waals surface area contributed by atoms with Crippen LogP contribution in [-0.2, 0) is 21.3 Å². The molecule has 2 heterocycles. The van der Waals surface area contributed by atoms with E-state index in [0.29, 0.717) is 17.0 Å². The number of pyridine rings is 1. The van der Waals surface area contributed by atoms with Crippen molar-refractivity contribution in [1.82, 2.24) is 24.7 Å². The number of carbonyl (C=O) groups is 1. The van der Waals surface area contributed by atoms with Gasteiger partial charge in [0.15, 0.2) is 6.61 Å². The number of nitriles is 1. The molecule has 1 N–H and O–H groups in total. The minimum absolute atomic E-state index is 0.168. The minimum Gasteiger partial charge on any atom is -0.433 e. The largest absolute Gasteiger partial charge is 0.433 e. The molecule has 1 aromatic carbocycles. The third-order valence-corrected chi connectivity index (χ3v) is 4.93. The summed E-state index contributed by atoms with van der Waals surface area (Å²) in [7, 11) is -4.14. The third kappa shape index (κ3) is 5.11. The summed E-state index contributed by atoms with van der Waals surface area (Å²) >= 11 is 0. The number of nitrogens with zero attached hydrogens (tertiary/aromatic N) is 5. The molecule has 0 unspecified atom stereocenters. The molecule has 12 heteroatoms. The summed E-state index contributed by atoms with van der Waals surface area (Å²) in [6, 6.07) is 9.96. The Morgan fingerprint density at radius 1 is 1.24 bits per heavy atom. The highest BCUT2D eigenvalue weighted by Crippen LogP contribution is 2.19. The average molecular weight is 416 g/mol. The minimum atomic E-state index is -4.14. The van der Waals surface area contributed by atoms with Gasteiger partial charge in [0, 0.05) is 5.56 Å². The number of hydrogen-bond donors (Lipinski definition) is 1. The molecule has 0 atom stereocenters. The van der Waals surface area contributed by atoms with Crippen molar-refractivity contribution in [2.45, 2.75) is 11.4 Å². The lowest BCUT2D eigenvalue weighted by atomic mass is 10.2. The van der Waals surface area contributed by atoms with Crippen molar-refractivity contribution in [1.29, 1.82) is 5.26 Å². The maximum absolute atomic E-state index is 12.9. The van der Waals surface area contributed by atoms with Crippen LogP contribution in [0.3, 0.4) is 0 Å². The summed E-state index contributed by atoms with van der Waals surface area (Å²) < 4.78 is 44.7. The number of aromatic nitrogens is 4. The Morgan fingerprint density at radius 3 is 2.66 bits per heavy atom. The highest BCUT2D eigenvalue weighted by molar-refractivity contribution is 7.90. The van der Waals surface area contributed by atoms with E-state index in [4.69, 9.17) is 5.26 Å². The van der Waals surface area contributed by atoms with Crippen LogP contribution in [0.25, 0.3) is 11.3 Å². The quantitative estimate of drug-likeness (QED) is 0.637. The number of carbonyl (C=O) groups excluding carboxylic acids is 1. The van der Waals surface area contributed by atoms with Crippen LogP contribution >= 0.6 is 0 Å². The van der Waals surface area contributed by atoms with E-state index in [2.05, 4.69) is 20.0 Å². The highest BCUT2D eigenvalue weighted by Gasteiger charge is 2.18. The van der Waals surface area contributed by atoms with Gasteiger partial charge in [0.1, 0.15) is 17.6 Å². The molecule has 0 aliphatic carbocycles. The first-order valence-electron chi connectivity index (χ1n) is 8.05. The van der Waals surface area contributed by atoms with E-state index in [9.17, 15) is 17.6 Å². The van der Waals surface area contributed by atoms with Gasteiger partial charge in [0.25, 0.3) is 10.0 Å². The molecule has 3 aromatic rings. The zero-order valence-electron chi connectivity index (χ0n) is 14.7. The Kier molecular flexibility index (Phi) is 5.79. The zero-order valence-corrected chi connectivity index (χ0v) is 15.5. The molecule has 0 radical (unpaired) electrons. The first-order valence-corrected chi connectivity index (χ1v) is 9.53. The lowest BCUT2D eigenvalue weighted by molar-refractivity contribution is 0.166. The molecule has 148 valence electrons. The maximum Gasteiger partial charge on any atom is 0.422 e. The van der Waals surface area contributed by atoms with Gasteiger partial charge in [-0.3, -0.25) is 4.98 Å². The SMILES string of the molecule is N#CCOC(=O)NS(=O)(=O)c1ccc(-c2cn(Cc3ccc(F)cn3)nn2)cc1. The van der Waals surface area contributed by atoms with Crippen molar-refractivity contribution in [2.24, 2.45) is 0 Å². The first-order chi connectivity index (χ1) is 13.9. The predicted octanol–water partition coefficient (Wildman–Crippen LogP) is 1.47. The number of benzene rings is 1. The molecular formula is C17H13FN6O4S. The second-order valence-electron chi connectivity index (χ2n) is 5.63. The van der Waals surface area contributed by atoms with Crippen molar-refractivity contribution in [3.05, 3.63) is 60.3 Å². The van der Waals surface area contributed by atoms with E-state index in [1.54, 1.807) is 17.0 Å². The van der Waals surface area contributed by atoms with E-state index in [0.717, 1.165) is 6.20 Å². The Morgan fingerprint density at radius 2 is 2.00 bits per heavy atom. The summed E-state index contributed by atoms with van der Waals surface area (Å²) in [4.78, 5) is 15.1. The van der Waals surface area contributed by atoms with Gasteiger partial charge in [-0.15, -0.1) is 5.10 Å². The Labute approximate surface area is 164 Å². The van der Waals surface area contributed by atoms with Crippen molar-refractivity contribution in [3.8, 4) is 17.3 Å². The van der Waals surface area contributed by atoms with Crippen LogP contribution in [0.4, 0.5) is 9.18 Å². The smallest absolute Gasteiger partial charge is 0.422 e. The van der Waals surface area contributed by atoms with Gasteiger partial charge < -0.3 is 4.74 Å². The van der Waals surface area contributed by atoms with Crippen molar-refractivity contribution in [2.75, 3.05) is 6.61 Å². The number of sulfonamides is 1. The summed E-state index contributed by atoms with van der Waals surface area (Å²) in [6.07, 6.45) is 1.50. The number of ether oxygens (including phenoxy) is 1. The van der Waals surface area contributed by atoms with Gasteiger partial charge >= 0.3 is 6.09 Å². The summed E-state index contributed by atoms with van der Waals surface area (Å²) in [5, 5.41) is 16.3. The molecule has 29 heavy (non-hydrogen) atoms. The van der Waals surface area contributed by atoms with E-state index < -0.39 is 28.5 Å². The zero-order chi connectivity index (χ0) is 20.9. The van der Waals surface area contributed by atoms with Crippen LogP contribution in [0.1, 0.15) is 5.69 Å². The molecular weight excluding hydrogens is 403 g/mol. The predicted molar refractivity (Wildman–Crippen MR) is 96.0 cm³/mol. The third-order valence-electron chi connectivity index (χ3n) is 3.60. The summed E-state index contributed by atoms with van der Waals surface area (Å²) in [5.41, 5.74) is 1.67. The molecule has 0 saturated heterocycles. The van der Waals surface area contributed by atoms with Crippen LogP contribution in [0, 0.1) is 17.1 Å². The second-order valence-corrected chi connectivity index (χ2v) is 7.32. The second kappa shape index (κ2) is 8.44.